The van der Waals surface area contributed by atoms with Crippen LogP contribution in [0.25, 0.3) is 0 Å². The number of carbonyl (C=O) groups excluding carboxylic acids is 2. The summed E-state index contributed by atoms with van der Waals surface area (Å²) in [6.07, 6.45) is -1.86. The van der Waals surface area contributed by atoms with Gasteiger partial charge in [0.15, 0.2) is 6.10 Å². The average molecular weight is 328 g/mol. The number of aliphatic hydroxyl groups excluding tert-OH is 1. The number of carboxylic acid groups (broad SMARTS) is 1. The maximum Gasteiger partial charge on any atom is 0.337 e. The lowest BCUT2D eigenvalue weighted by Gasteiger charge is -2.21. The zero-order valence-corrected chi connectivity index (χ0v) is 12.3. The van der Waals surface area contributed by atoms with Gasteiger partial charge < -0.3 is 14.9 Å². The first-order valence-corrected chi connectivity index (χ1v) is 6.69. The molecule has 0 aliphatic rings. The van der Waals surface area contributed by atoms with E-state index in [1.54, 1.807) is 30.3 Å². The molecule has 0 aliphatic heterocycles. The Hall–Kier alpha value is -2.10. The number of hydrogen-bond donors (Lipinski definition) is 4. The number of carboxylic acids is 1. The number of ether oxygens (including phenoxy) is 1. The molecule has 0 aliphatic carbocycles. The van der Waals surface area contributed by atoms with Gasteiger partial charge >= 0.3 is 11.9 Å². The number of rotatable bonds is 7. The Kier molecular flexibility index (Phi) is 6.83. The number of amides is 1. The number of nitrogens with two attached hydrogens (primary N) is 1. The van der Waals surface area contributed by atoms with E-state index in [9.17, 15) is 19.5 Å². The Balaban J connectivity index is 2.54. The summed E-state index contributed by atoms with van der Waals surface area (Å²) in [6.45, 7) is -0.853. The van der Waals surface area contributed by atoms with Crippen molar-refractivity contribution in [1.29, 1.82) is 0 Å². The summed E-state index contributed by atoms with van der Waals surface area (Å²) in [5, 5.41) is 17.1. The van der Waals surface area contributed by atoms with Crippen molar-refractivity contribution in [2.45, 2.75) is 18.0 Å². The van der Waals surface area contributed by atoms with Crippen LogP contribution in [0.5, 0.6) is 0 Å². The van der Waals surface area contributed by atoms with E-state index in [-0.39, 0.29) is 6.61 Å². The van der Waals surface area contributed by atoms with Gasteiger partial charge in [0.25, 0.3) is 5.91 Å². The van der Waals surface area contributed by atoms with Gasteiger partial charge in [0, 0.05) is 0 Å². The number of esters is 1. The molecule has 1 aromatic carbocycles. The lowest BCUT2D eigenvalue weighted by molar-refractivity contribution is -0.157. The minimum atomic E-state index is -1.86. The monoisotopic (exact) mass is 328 g/mol. The highest BCUT2D eigenvalue weighted by atomic mass is 32.1. The second-order valence-electron chi connectivity index (χ2n) is 4.34. The third kappa shape index (κ3) is 5.35. The summed E-state index contributed by atoms with van der Waals surface area (Å²) in [7, 11) is 0. The molecular formula is C13H16N2O6S. The molecule has 0 bridgehead atoms. The summed E-state index contributed by atoms with van der Waals surface area (Å²) in [6, 6.07) is 8.74. The summed E-state index contributed by atoms with van der Waals surface area (Å²) in [5.74, 6) is 1.82. The molecule has 0 fully saturated rings. The summed E-state index contributed by atoms with van der Waals surface area (Å²) in [5.41, 5.74) is 0.705. The molecule has 0 aromatic heterocycles. The maximum atomic E-state index is 11.7. The minimum Gasteiger partial charge on any atom is -0.480 e. The fourth-order valence-corrected chi connectivity index (χ4v) is 1.74. The molecule has 1 aromatic rings. The van der Waals surface area contributed by atoms with Crippen LogP contribution in [0.1, 0.15) is 5.56 Å². The number of carbonyl (C=O) groups is 3. The van der Waals surface area contributed by atoms with Crippen molar-refractivity contribution in [2.24, 2.45) is 5.84 Å². The molecule has 4 N–H and O–H groups in total. The first-order chi connectivity index (χ1) is 10.3. The summed E-state index contributed by atoms with van der Waals surface area (Å²) < 4.78 is 4.86. The highest BCUT2D eigenvalue weighted by molar-refractivity contribution is 7.81. The number of aliphatic carboxylic acids is 1. The quantitative estimate of drug-likeness (QED) is 0.169. The van der Waals surface area contributed by atoms with E-state index in [4.69, 9.17) is 15.7 Å². The van der Waals surface area contributed by atoms with Crippen LogP contribution in [0.2, 0.25) is 0 Å². The van der Waals surface area contributed by atoms with Crippen LogP contribution in [-0.4, -0.2) is 51.0 Å². The van der Waals surface area contributed by atoms with Crippen LogP contribution in [0.4, 0.5) is 0 Å². The number of benzene rings is 1. The van der Waals surface area contributed by atoms with E-state index in [1.165, 1.54) is 0 Å². The minimum absolute atomic E-state index is 0.0765. The first-order valence-electron chi connectivity index (χ1n) is 6.17. The number of aliphatic hydroxyl groups is 1. The molecular weight excluding hydrogens is 312 g/mol. The third-order valence-corrected chi connectivity index (χ3v) is 3.11. The largest absolute Gasteiger partial charge is 0.480 e. The van der Waals surface area contributed by atoms with Crippen molar-refractivity contribution in [3.05, 3.63) is 35.9 Å². The molecule has 1 amide bonds. The molecule has 0 saturated heterocycles. The standard InChI is InChI=1S/C13H16N2O6S/c14-15(6-9(16)17)12(19)11(22)10(18)13(20)21-7-8-4-2-1-3-5-8/h1-5,10-11,18,22H,6-7,14H2,(H,16,17)/t10-,11+/m0/s1. The molecule has 0 heterocycles. The second kappa shape index (κ2) is 8.37. The van der Waals surface area contributed by atoms with Crippen LogP contribution in [0.3, 0.4) is 0 Å². The zero-order valence-electron chi connectivity index (χ0n) is 11.5. The van der Waals surface area contributed by atoms with Gasteiger partial charge in [-0.3, -0.25) is 14.6 Å². The summed E-state index contributed by atoms with van der Waals surface area (Å²) >= 11 is 3.79. The van der Waals surface area contributed by atoms with E-state index in [0.29, 0.717) is 10.6 Å². The SMILES string of the molecule is NN(CC(=O)O)C(=O)[C@H](S)[C@H](O)C(=O)OCc1ccccc1. The van der Waals surface area contributed by atoms with Crippen molar-refractivity contribution < 1.29 is 29.3 Å². The molecule has 120 valence electrons. The lowest BCUT2D eigenvalue weighted by Crippen LogP contribution is -2.50. The molecule has 0 unspecified atom stereocenters. The van der Waals surface area contributed by atoms with Crippen LogP contribution >= 0.6 is 12.6 Å². The Morgan fingerprint density at radius 2 is 1.86 bits per heavy atom. The normalized spacial score (nSPS) is 13.0. The number of hydrogen-bond acceptors (Lipinski definition) is 7. The highest BCUT2D eigenvalue weighted by Gasteiger charge is 2.33. The Labute approximate surface area is 131 Å². The van der Waals surface area contributed by atoms with E-state index in [2.05, 4.69) is 12.6 Å². The predicted molar refractivity (Wildman–Crippen MR) is 78.6 cm³/mol. The fraction of sp³-hybridized carbons (Fsp3) is 0.308. The molecule has 1 rings (SSSR count). The van der Waals surface area contributed by atoms with Crippen molar-refractivity contribution in [3.8, 4) is 0 Å². The van der Waals surface area contributed by atoms with Gasteiger partial charge in [0.05, 0.1) is 0 Å². The molecule has 8 nitrogen and oxygen atoms in total. The predicted octanol–water partition coefficient (Wildman–Crippen LogP) is -0.824. The van der Waals surface area contributed by atoms with Crippen LogP contribution < -0.4 is 5.84 Å². The molecule has 0 saturated carbocycles. The van der Waals surface area contributed by atoms with Crippen molar-refractivity contribution >= 4 is 30.5 Å². The number of nitrogens with zero attached hydrogens (tertiary/aromatic N) is 1. The smallest absolute Gasteiger partial charge is 0.337 e. The molecule has 0 radical (unpaired) electrons. The third-order valence-electron chi connectivity index (χ3n) is 2.61. The van der Waals surface area contributed by atoms with Gasteiger partial charge in [-0.05, 0) is 5.56 Å². The topological polar surface area (TPSA) is 130 Å². The van der Waals surface area contributed by atoms with Crippen LogP contribution in [0, 0.1) is 0 Å². The Morgan fingerprint density at radius 1 is 1.27 bits per heavy atom. The average Bonchev–Trinajstić information content (AvgIpc) is 2.50. The van der Waals surface area contributed by atoms with Gasteiger partial charge in [-0.1, -0.05) is 30.3 Å². The molecule has 22 heavy (non-hydrogen) atoms. The van der Waals surface area contributed by atoms with Crippen LogP contribution in [-0.2, 0) is 25.7 Å². The number of hydrazine groups is 1. The van der Waals surface area contributed by atoms with E-state index in [1.807, 2.05) is 0 Å². The second-order valence-corrected chi connectivity index (χ2v) is 4.90. The van der Waals surface area contributed by atoms with Gasteiger partial charge in [-0.25, -0.2) is 10.6 Å². The fourth-order valence-electron chi connectivity index (χ4n) is 1.47. The van der Waals surface area contributed by atoms with Gasteiger partial charge in [-0.2, -0.15) is 12.6 Å². The summed E-state index contributed by atoms with van der Waals surface area (Å²) in [4.78, 5) is 33.8. The van der Waals surface area contributed by atoms with E-state index < -0.39 is 35.7 Å². The lowest BCUT2D eigenvalue weighted by atomic mass is 10.2. The Morgan fingerprint density at radius 3 is 2.41 bits per heavy atom. The van der Waals surface area contributed by atoms with Crippen molar-refractivity contribution in [2.75, 3.05) is 6.54 Å². The van der Waals surface area contributed by atoms with Gasteiger partial charge in [0.1, 0.15) is 18.4 Å². The highest BCUT2D eigenvalue weighted by Crippen LogP contribution is 2.09. The van der Waals surface area contributed by atoms with E-state index >= 15 is 0 Å². The van der Waals surface area contributed by atoms with Crippen molar-refractivity contribution in [3.63, 3.8) is 0 Å². The number of thiol groups is 1. The van der Waals surface area contributed by atoms with Crippen molar-refractivity contribution in [1.82, 2.24) is 5.01 Å². The molecule has 2 atom stereocenters. The zero-order chi connectivity index (χ0) is 16.7. The van der Waals surface area contributed by atoms with Gasteiger partial charge in [-0.15, -0.1) is 0 Å². The van der Waals surface area contributed by atoms with E-state index in [0.717, 1.165) is 0 Å². The van der Waals surface area contributed by atoms with Gasteiger partial charge in [0.2, 0.25) is 0 Å². The molecule has 9 heteroatoms. The maximum absolute atomic E-state index is 11.7. The van der Waals surface area contributed by atoms with Crippen LogP contribution in [0.15, 0.2) is 30.3 Å². The molecule has 0 spiro atoms. The Bertz CT molecular complexity index is 539. The first kappa shape index (κ1) is 18.0.